The minimum Gasteiger partial charge on any atom is -0.328 e. The molecule has 152 valence electrons. The van der Waals surface area contributed by atoms with Crippen molar-refractivity contribution >= 4 is 17.8 Å². The monoisotopic (exact) mass is 398 g/mol. The minimum absolute atomic E-state index is 0.0385. The number of rotatable bonds is 6. The van der Waals surface area contributed by atoms with Gasteiger partial charge < -0.3 is 9.47 Å². The normalized spacial score (nSPS) is 20.6. The van der Waals surface area contributed by atoms with E-state index < -0.39 is 11.9 Å². The summed E-state index contributed by atoms with van der Waals surface area (Å²) in [5.74, 6) is -0.800. The maximum absolute atomic E-state index is 12.7. The van der Waals surface area contributed by atoms with Gasteiger partial charge in [0.25, 0.3) is 11.8 Å². The van der Waals surface area contributed by atoms with E-state index in [9.17, 15) is 14.4 Å². The summed E-state index contributed by atoms with van der Waals surface area (Å²) in [6.07, 6.45) is 5.88. The zero-order valence-corrected chi connectivity index (χ0v) is 15.7. The van der Waals surface area contributed by atoms with Crippen molar-refractivity contribution in [3.8, 4) is 0 Å². The Kier molecular flexibility index (Phi) is 5.43. The van der Waals surface area contributed by atoms with Crippen LogP contribution in [0.4, 0.5) is 4.79 Å². The number of urea groups is 1. The number of carbonyl (C=O) groups excluding carboxylic acids is 3. The van der Waals surface area contributed by atoms with E-state index in [4.69, 9.17) is 4.84 Å². The number of nitrogens with zero attached hydrogens (tertiary/aromatic N) is 4. The first-order valence-electron chi connectivity index (χ1n) is 9.43. The van der Waals surface area contributed by atoms with Gasteiger partial charge in [-0.2, -0.15) is 5.06 Å². The third-order valence-electron chi connectivity index (χ3n) is 5.05. The Morgan fingerprint density at radius 3 is 2.76 bits per heavy atom. The van der Waals surface area contributed by atoms with Gasteiger partial charge in [0, 0.05) is 18.9 Å². The fourth-order valence-corrected chi connectivity index (χ4v) is 3.59. The Bertz CT molecular complexity index is 872. The summed E-state index contributed by atoms with van der Waals surface area (Å²) in [5.41, 5.74) is 5.76. The molecule has 0 aliphatic carbocycles. The van der Waals surface area contributed by atoms with E-state index in [-0.39, 0.29) is 31.1 Å². The summed E-state index contributed by atoms with van der Waals surface area (Å²) >= 11 is 0. The van der Waals surface area contributed by atoms with Crippen LogP contribution < -0.4 is 10.9 Å². The Balaban J connectivity index is 1.29. The third-order valence-corrected chi connectivity index (χ3v) is 5.05. The van der Waals surface area contributed by atoms with Crippen molar-refractivity contribution in [1.82, 2.24) is 30.4 Å². The molecule has 29 heavy (non-hydrogen) atoms. The summed E-state index contributed by atoms with van der Waals surface area (Å²) in [5, 5.41) is 1.37. The van der Waals surface area contributed by atoms with Gasteiger partial charge in [-0.05, 0) is 18.4 Å². The van der Waals surface area contributed by atoms with Crippen LogP contribution in [0, 0.1) is 0 Å². The molecule has 2 atom stereocenters. The lowest BCUT2D eigenvalue weighted by atomic mass is 10.0. The molecule has 4 amide bonds. The first-order chi connectivity index (χ1) is 14.1. The average Bonchev–Trinajstić information content (AvgIpc) is 3.33. The Labute approximate surface area is 167 Å². The lowest BCUT2D eigenvalue weighted by Crippen LogP contribution is -2.54. The smallest absolute Gasteiger partial charge is 0.328 e. The molecule has 4 rings (SSSR count). The number of amides is 4. The summed E-state index contributed by atoms with van der Waals surface area (Å²) in [7, 11) is 0. The Morgan fingerprint density at radius 1 is 1.17 bits per heavy atom. The lowest BCUT2D eigenvalue weighted by Gasteiger charge is -2.29. The molecule has 0 spiro atoms. The largest absolute Gasteiger partial charge is 0.345 e. The molecule has 2 aromatic rings. The van der Waals surface area contributed by atoms with Gasteiger partial charge in [-0.25, -0.2) is 9.78 Å². The molecule has 1 aromatic carbocycles. The van der Waals surface area contributed by atoms with Crippen molar-refractivity contribution in [2.24, 2.45) is 0 Å². The molecule has 2 N–H and O–H groups in total. The van der Waals surface area contributed by atoms with E-state index in [2.05, 4.69) is 15.8 Å². The Morgan fingerprint density at radius 2 is 2.00 bits per heavy atom. The molecule has 2 bridgehead atoms. The van der Waals surface area contributed by atoms with Crippen LogP contribution in [0.25, 0.3) is 0 Å². The molecule has 0 unspecified atom stereocenters. The zero-order chi connectivity index (χ0) is 20.2. The molecule has 2 fully saturated rings. The SMILES string of the molecule is O=C(Cn1ccnc1)NNC(=O)[C@@H]1CC[C@@H]2CN1C(=O)N2OCc1ccccc1. The highest BCUT2D eigenvalue weighted by molar-refractivity contribution is 5.89. The molecule has 2 aliphatic rings. The number of imidazole rings is 1. The number of hydroxylamine groups is 2. The summed E-state index contributed by atoms with van der Waals surface area (Å²) in [6.45, 7) is 0.754. The average molecular weight is 398 g/mol. The number of hydrazine groups is 1. The van der Waals surface area contributed by atoms with Crippen LogP contribution in [0.5, 0.6) is 0 Å². The van der Waals surface area contributed by atoms with Crippen molar-refractivity contribution in [3.63, 3.8) is 0 Å². The summed E-state index contributed by atoms with van der Waals surface area (Å²) in [6, 6.07) is 8.55. The molecule has 2 aliphatic heterocycles. The summed E-state index contributed by atoms with van der Waals surface area (Å²) in [4.78, 5) is 48.2. The van der Waals surface area contributed by atoms with Crippen LogP contribution in [-0.4, -0.2) is 56.0 Å². The second-order valence-electron chi connectivity index (χ2n) is 7.04. The first-order valence-corrected chi connectivity index (χ1v) is 9.43. The molecule has 10 heteroatoms. The van der Waals surface area contributed by atoms with E-state index in [1.54, 1.807) is 17.0 Å². The van der Waals surface area contributed by atoms with Crippen LogP contribution >= 0.6 is 0 Å². The number of piperidine rings is 1. The van der Waals surface area contributed by atoms with E-state index in [0.29, 0.717) is 19.4 Å². The van der Waals surface area contributed by atoms with Gasteiger partial charge in [0.15, 0.2) is 0 Å². The van der Waals surface area contributed by atoms with Crippen LogP contribution in [0.15, 0.2) is 49.1 Å². The standard InChI is InChI=1S/C19H22N6O4/c26-17(11-23-9-8-20-13-23)21-22-18(27)16-7-6-15-10-24(16)19(28)25(15)29-12-14-4-2-1-3-5-14/h1-5,8-9,13,15-16H,6-7,10-12H2,(H,21,26)(H,22,27)/t15-,16+/m1/s1. The zero-order valence-electron chi connectivity index (χ0n) is 15.7. The van der Waals surface area contributed by atoms with Crippen LogP contribution in [0.1, 0.15) is 18.4 Å². The number of benzene rings is 1. The van der Waals surface area contributed by atoms with Crippen molar-refractivity contribution in [3.05, 3.63) is 54.6 Å². The maximum atomic E-state index is 12.7. The predicted octanol–water partition coefficient (Wildman–Crippen LogP) is 0.431. The fourth-order valence-electron chi connectivity index (χ4n) is 3.59. The molecule has 3 heterocycles. The second kappa shape index (κ2) is 8.31. The van der Waals surface area contributed by atoms with E-state index >= 15 is 0 Å². The van der Waals surface area contributed by atoms with Crippen LogP contribution in [0.2, 0.25) is 0 Å². The van der Waals surface area contributed by atoms with E-state index in [1.807, 2.05) is 30.3 Å². The summed E-state index contributed by atoms with van der Waals surface area (Å²) < 4.78 is 1.58. The van der Waals surface area contributed by atoms with Gasteiger partial charge >= 0.3 is 6.03 Å². The van der Waals surface area contributed by atoms with Crippen molar-refractivity contribution < 1.29 is 19.2 Å². The number of hydrogen-bond donors (Lipinski definition) is 2. The highest BCUT2D eigenvalue weighted by atomic mass is 16.7. The fraction of sp³-hybridized carbons (Fsp3) is 0.368. The number of carbonyl (C=O) groups is 3. The van der Waals surface area contributed by atoms with Crippen LogP contribution in [0.3, 0.4) is 0 Å². The van der Waals surface area contributed by atoms with Crippen LogP contribution in [-0.2, 0) is 27.6 Å². The molecule has 0 saturated carbocycles. The van der Waals surface area contributed by atoms with E-state index in [1.165, 1.54) is 16.3 Å². The van der Waals surface area contributed by atoms with Gasteiger partial charge in [-0.15, -0.1) is 0 Å². The lowest BCUT2D eigenvalue weighted by molar-refractivity contribution is -0.140. The minimum atomic E-state index is -0.641. The highest BCUT2D eigenvalue weighted by Gasteiger charge is 2.47. The number of nitrogens with one attached hydrogen (secondary N) is 2. The molecule has 10 nitrogen and oxygen atoms in total. The number of fused-ring (bicyclic) bond motifs is 2. The quantitative estimate of drug-likeness (QED) is 0.686. The number of hydrogen-bond acceptors (Lipinski definition) is 5. The predicted molar refractivity (Wildman–Crippen MR) is 100 cm³/mol. The van der Waals surface area contributed by atoms with Gasteiger partial charge in [0.05, 0.1) is 12.4 Å². The van der Waals surface area contributed by atoms with Crippen molar-refractivity contribution in [2.45, 2.75) is 38.1 Å². The van der Waals surface area contributed by atoms with Gasteiger partial charge in [0.1, 0.15) is 19.2 Å². The highest BCUT2D eigenvalue weighted by Crippen LogP contribution is 2.30. The second-order valence-corrected chi connectivity index (χ2v) is 7.04. The van der Waals surface area contributed by atoms with Gasteiger partial charge in [-0.1, -0.05) is 30.3 Å². The third kappa shape index (κ3) is 4.21. The molecule has 2 saturated heterocycles. The molecular formula is C19H22N6O4. The van der Waals surface area contributed by atoms with Gasteiger partial charge in [0.2, 0.25) is 0 Å². The van der Waals surface area contributed by atoms with Crippen molar-refractivity contribution in [1.29, 1.82) is 0 Å². The topological polar surface area (TPSA) is 109 Å². The molecule has 0 radical (unpaired) electrons. The van der Waals surface area contributed by atoms with Crippen molar-refractivity contribution in [2.75, 3.05) is 6.54 Å². The van der Waals surface area contributed by atoms with Gasteiger partial charge in [-0.3, -0.25) is 25.3 Å². The first kappa shape index (κ1) is 18.9. The maximum Gasteiger partial charge on any atom is 0.345 e. The molecule has 1 aromatic heterocycles. The molecular weight excluding hydrogens is 376 g/mol. The van der Waals surface area contributed by atoms with E-state index in [0.717, 1.165) is 5.56 Å². The number of aromatic nitrogens is 2. The Hall–Kier alpha value is -3.40.